The molecular formula is C47H58F2N10O5S. The molecule has 65 heavy (non-hydrogen) atoms. The largest absolute Gasteiger partial charge is 0.391 e. The van der Waals surface area contributed by atoms with E-state index in [1.54, 1.807) is 34.8 Å². The number of carbonyl (C=O) groups is 4. The molecule has 15 nitrogen and oxygen atoms in total. The molecule has 4 amide bonds. The maximum Gasteiger partial charge on any atom is 0.266 e. The molecule has 8 rings (SSSR count). The highest BCUT2D eigenvalue weighted by Gasteiger charge is 2.47. The number of anilines is 3. The van der Waals surface area contributed by atoms with Crippen molar-refractivity contribution >= 4 is 52.4 Å². The fourth-order valence-corrected chi connectivity index (χ4v) is 10.2. The molecule has 4 aromatic rings. The molecule has 3 aromatic heterocycles. The predicted molar refractivity (Wildman–Crippen MR) is 242 cm³/mol. The quantitative estimate of drug-likeness (QED) is 0.131. The Hall–Kier alpha value is -5.62. The first kappa shape index (κ1) is 45.9. The molecule has 4 atom stereocenters. The summed E-state index contributed by atoms with van der Waals surface area (Å²) in [5.74, 6) is -3.21. The molecule has 1 aliphatic carbocycles. The van der Waals surface area contributed by atoms with Gasteiger partial charge in [0.05, 0.1) is 41.0 Å². The second-order valence-electron chi connectivity index (χ2n) is 19.2. The summed E-state index contributed by atoms with van der Waals surface area (Å²) in [7, 11) is 0. The zero-order valence-corrected chi connectivity index (χ0v) is 38.3. The highest BCUT2D eigenvalue weighted by atomic mass is 32.1. The van der Waals surface area contributed by atoms with Crippen molar-refractivity contribution in [2.24, 2.45) is 17.3 Å². The van der Waals surface area contributed by atoms with Crippen LogP contribution in [0, 0.1) is 24.2 Å². The number of thiazole rings is 1. The smallest absolute Gasteiger partial charge is 0.266 e. The number of amides is 4. The van der Waals surface area contributed by atoms with Crippen molar-refractivity contribution in [1.29, 1.82) is 0 Å². The number of halogens is 2. The fraction of sp³-hybridized carbons (Fsp3) is 0.532. The third-order valence-corrected chi connectivity index (χ3v) is 14.3. The predicted octanol–water partition coefficient (Wildman–Crippen LogP) is 5.99. The SMILES string of the molecule is Cc1ncsc1-c1ccc([C@H](C)NC(=O)[C@@H]2C[C@@H](O)CN2C(=O)[C@@H](NC(=O)C2CC(C(=O)N3CCC(c4cc(Nc5cnccn5)nc(N5CCC(F)(F)C5)c4)CC3)C2)C(C)(C)C)cc1. The lowest BCUT2D eigenvalue weighted by molar-refractivity contribution is -0.148. The molecule has 3 saturated heterocycles. The number of piperidine rings is 1. The van der Waals surface area contributed by atoms with Crippen LogP contribution in [0.5, 0.6) is 0 Å². The number of alkyl halides is 2. The average molecular weight is 913 g/mol. The number of pyridine rings is 1. The van der Waals surface area contributed by atoms with E-state index in [1.807, 2.05) is 81.4 Å². The Morgan fingerprint density at radius 2 is 1.66 bits per heavy atom. The van der Waals surface area contributed by atoms with Crippen LogP contribution in [0.4, 0.5) is 26.2 Å². The number of nitrogens with zero attached hydrogens (tertiary/aromatic N) is 7. The first-order chi connectivity index (χ1) is 30.9. The number of hydrogen-bond donors (Lipinski definition) is 4. The minimum Gasteiger partial charge on any atom is -0.391 e. The van der Waals surface area contributed by atoms with E-state index >= 15 is 0 Å². The normalized spacial score (nSPS) is 23.1. The molecule has 3 aliphatic heterocycles. The molecule has 346 valence electrons. The van der Waals surface area contributed by atoms with Gasteiger partial charge in [-0.25, -0.2) is 23.7 Å². The van der Waals surface area contributed by atoms with Gasteiger partial charge in [0.2, 0.25) is 23.6 Å². The molecule has 1 aromatic carbocycles. The zero-order chi connectivity index (χ0) is 46.2. The van der Waals surface area contributed by atoms with E-state index in [4.69, 9.17) is 0 Å². The fourth-order valence-electron chi connectivity index (χ4n) is 9.43. The summed E-state index contributed by atoms with van der Waals surface area (Å²) in [4.78, 5) is 78.8. The summed E-state index contributed by atoms with van der Waals surface area (Å²) < 4.78 is 28.5. The van der Waals surface area contributed by atoms with Crippen LogP contribution in [0.15, 0.2) is 60.5 Å². The lowest BCUT2D eigenvalue weighted by Gasteiger charge is -2.41. The standard InChI is InChI=1S/C47H58F2N10O5S/c1-27(29-6-8-31(9-7-29)40-28(2)52-26-65-40)53-43(62)36-22-35(60)24-59(36)45(64)41(46(3,4)5)56-42(61)33-18-34(19-33)44(63)57-15-10-30(11-16-57)32-20-37(54-38-23-50-13-14-51-38)55-39(21-32)58-17-12-47(48,49)25-58/h6-9,13-14,20-21,23,26-27,30,33-36,41,60H,10-12,15-19,22,24-25H2,1-5H3,(H,53,62)(H,56,61)(H,51,54,55)/t27-,33?,34?,35+,36-,41+/m0/s1. The second-order valence-corrected chi connectivity index (χ2v) is 20.0. The first-order valence-electron chi connectivity index (χ1n) is 22.5. The van der Waals surface area contributed by atoms with Crippen LogP contribution < -0.4 is 20.9 Å². The summed E-state index contributed by atoms with van der Waals surface area (Å²) in [5.41, 5.74) is 4.91. The number of aliphatic hydroxyl groups is 1. The maximum atomic E-state index is 14.3. The van der Waals surface area contributed by atoms with E-state index in [-0.39, 0.29) is 61.5 Å². The Morgan fingerprint density at radius 1 is 0.923 bits per heavy atom. The van der Waals surface area contributed by atoms with Gasteiger partial charge in [-0.3, -0.25) is 24.2 Å². The maximum absolute atomic E-state index is 14.3. The van der Waals surface area contributed by atoms with Crippen molar-refractivity contribution in [1.82, 2.24) is 40.4 Å². The van der Waals surface area contributed by atoms with Crippen molar-refractivity contribution in [3.8, 4) is 10.4 Å². The van der Waals surface area contributed by atoms with Gasteiger partial charge in [0.1, 0.15) is 29.5 Å². The van der Waals surface area contributed by atoms with E-state index < -0.39 is 47.9 Å². The molecule has 1 saturated carbocycles. The summed E-state index contributed by atoms with van der Waals surface area (Å²) in [6.45, 7) is 10.2. The van der Waals surface area contributed by atoms with E-state index in [1.165, 1.54) is 4.90 Å². The van der Waals surface area contributed by atoms with Crippen molar-refractivity contribution in [2.45, 2.75) is 109 Å². The number of nitrogens with one attached hydrogen (secondary N) is 3. The van der Waals surface area contributed by atoms with Gasteiger partial charge in [-0.2, -0.15) is 0 Å². The van der Waals surface area contributed by atoms with E-state index in [0.717, 1.165) is 27.3 Å². The third-order valence-electron chi connectivity index (χ3n) is 13.3. The topological polar surface area (TPSA) is 186 Å². The number of rotatable bonds is 12. The average Bonchev–Trinajstić information content (AvgIpc) is 3.99. The van der Waals surface area contributed by atoms with Crippen LogP contribution in [-0.4, -0.2) is 115 Å². The van der Waals surface area contributed by atoms with Crippen molar-refractivity contribution < 1.29 is 33.1 Å². The summed E-state index contributed by atoms with van der Waals surface area (Å²) in [6.07, 6.45) is 5.68. The molecule has 4 fully saturated rings. The van der Waals surface area contributed by atoms with Crippen LogP contribution in [0.25, 0.3) is 10.4 Å². The Morgan fingerprint density at radius 3 is 2.29 bits per heavy atom. The van der Waals surface area contributed by atoms with Gasteiger partial charge in [0.25, 0.3) is 5.92 Å². The summed E-state index contributed by atoms with van der Waals surface area (Å²) in [5, 5.41) is 19.9. The molecule has 0 unspecified atom stereocenters. The summed E-state index contributed by atoms with van der Waals surface area (Å²) in [6, 6.07) is 9.44. The third kappa shape index (κ3) is 10.4. The van der Waals surface area contributed by atoms with Crippen LogP contribution in [-0.2, 0) is 19.2 Å². The molecule has 0 spiro atoms. The zero-order valence-electron chi connectivity index (χ0n) is 37.5. The molecule has 4 aliphatic rings. The number of carbonyl (C=O) groups excluding carboxylic acids is 4. The Balaban J connectivity index is 0.846. The number of likely N-dealkylation sites (tertiary alicyclic amines) is 2. The number of aliphatic hydroxyl groups excluding tert-OH is 1. The van der Waals surface area contributed by atoms with Crippen LogP contribution in [0.1, 0.15) is 95.0 Å². The van der Waals surface area contributed by atoms with E-state index in [0.29, 0.717) is 56.2 Å². The van der Waals surface area contributed by atoms with Crippen molar-refractivity contribution in [2.75, 3.05) is 42.9 Å². The molecular weight excluding hydrogens is 855 g/mol. The van der Waals surface area contributed by atoms with Crippen molar-refractivity contribution in [3.05, 3.63) is 77.3 Å². The minimum atomic E-state index is -2.78. The monoisotopic (exact) mass is 912 g/mol. The molecule has 0 bridgehead atoms. The van der Waals surface area contributed by atoms with E-state index in [2.05, 4.69) is 35.9 Å². The molecule has 0 radical (unpaired) electrons. The molecule has 4 N–H and O–H groups in total. The number of hydrogen-bond acceptors (Lipinski definition) is 12. The van der Waals surface area contributed by atoms with Gasteiger partial charge >= 0.3 is 0 Å². The van der Waals surface area contributed by atoms with Gasteiger partial charge in [-0.1, -0.05) is 45.0 Å². The van der Waals surface area contributed by atoms with Gasteiger partial charge in [-0.15, -0.1) is 11.3 Å². The molecule has 18 heteroatoms. The lowest BCUT2D eigenvalue weighted by atomic mass is 9.73. The number of aromatic nitrogens is 4. The van der Waals surface area contributed by atoms with Gasteiger partial charge in [0, 0.05) is 63.3 Å². The Kier molecular flexibility index (Phi) is 13.2. The Bertz CT molecular complexity index is 2370. The number of β-amino-alcohol motifs (C(OH)–C–C–N with tert-alkyl or cyclic N) is 1. The highest BCUT2D eigenvalue weighted by Crippen LogP contribution is 2.40. The number of aryl methyl sites for hydroxylation is 1. The Labute approximate surface area is 381 Å². The first-order valence-corrected chi connectivity index (χ1v) is 23.4. The van der Waals surface area contributed by atoms with Crippen molar-refractivity contribution in [3.63, 3.8) is 0 Å². The van der Waals surface area contributed by atoms with Crippen LogP contribution in [0.2, 0.25) is 0 Å². The second kappa shape index (κ2) is 18.7. The van der Waals surface area contributed by atoms with Gasteiger partial charge < -0.3 is 35.8 Å². The highest BCUT2D eigenvalue weighted by molar-refractivity contribution is 7.13. The summed E-state index contributed by atoms with van der Waals surface area (Å²) >= 11 is 1.57. The van der Waals surface area contributed by atoms with Crippen LogP contribution in [0.3, 0.4) is 0 Å². The minimum absolute atomic E-state index is 0.00402. The van der Waals surface area contributed by atoms with E-state index in [9.17, 15) is 33.1 Å². The van der Waals surface area contributed by atoms with Gasteiger partial charge in [0.15, 0.2) is 0 Å². The number of benzene rings is 1. The van der Waals surface area contributed by atoms with Crippen LogP contribution >= 0.6 is 11.3 Å². The van der Waals surface area contributed by atoms with Gasteiger partial charge in [-0.05, 0) is 79.7 Å². The lowest BCUT2D eigenvalue weighted by Crippen LogP contribution is -2.59. The molecule has 6 heterocycles.